The Morgan fingerprint density at radius 2 is 2.06 bits per heavy atom. The summed E-state index contributed by atoms with van der Waals surface area (Å²) >= 11 is 1.44. The zero-order chi connectivity index (χ0) is 24.8. The molecule has 2 N–H and O–H groups in total. The van der Waals surface area contributed by atoms with Gasteiger partial charge in [-0.1, -0.05) is 48.2 Å². The third-order valence-electron chi connectivity index (χ3n) is 5.84. The topological polar surface area (TPSA) is 117 Å². The van der Waals surface area contributed by atoms with Crippen molar-refractivity contribution < 1.29 is 17.9 Å². The van der Waals surface area contributed by atoms with Crippen LogP contribution in [0, 0.1) is 12.8 Å². The minimum atomic E-state index is -3.77. The van der Waals surface area contributed by atoms with Crippen molar-refractivity contribution in [3.8, 4) is 17.1 Å². The fourth-order valence-corrected chi connectivity index (χ4v) is 6.41. The second-order valence-corrected chi connectivity index (χ2v) is 11.3. The van der Waals surface area contributed by atoms with Gasteiger partial charge < -0.3 is 10.1 Å². The summed E-state index contributed by atoms with van der Waals surface area (Å²) in [4.78, 5) is 17.4. The highest BCUT2D eigenvalue weighted by Gasteiger charge is 2.34. The summed E-state index contributed by atoms with van der Waals surface area (Å²) in [6.07, 6.45) is 1.27. The van der Waals surface area contributed by atoms with Crippen molar-refractivity contribution in [2.75, 3.05) is 32.5 Å². The van der Waals surface area contributed by atoms with Crippen molar-refractivity contribution in [2.45, 2.75) is 29.8 Å². The van der Waals surface area contributed by atoms with E-state index in [1.54, 1.807) is 12.1 Å². The molecule has 186 valence electrons. The third-order valence-corrected chi connectivity index (χ3v) is 8.57. The number of rotatable bonds is 9. The molecule has 0 spiro atoms. The molecule has 11 heteroatoms. The third kappa shape index (κ3) is 6.03. The maximum absolute atomic E-state index is 13.3. The Morgan fingerprint density at radius 1 is 1.26 bits per heavy atom. The lowest BCUT2D eigenvalue weighted by Gasteiger charge is -2.31. The smallest absolute Gasteiger partial charge is 0.246 e. The molecule has 1 aromatic heterocycles. The molecule has 0 saturated carbocycles. The van der Waals surface area contributed by atoms with Gasteiger partial charge in [-0.15, -0.1) is 5.10 Å². The van der Waals surface area contributed by atoms with Gasteiger partial charge in [-0.25, -0.2) is 13.4 Å². The van der Waals surface area contributed by atoms with E-state index in [9.17, 15) is 13.2 Å². The number of nitrogens with one attached hydrogen (secondary N) is 2. The number of carbonyl (C=O) groups is 1. The number of amides is 1. The number of thioether (sulfide) groups is 1. The number of aryl methyl sites for hydroxylation is 1. The van der Waals surface area contributed by atoms with Gasteiger partial charge in [-0.2, -0.15) is 4.31 Å². The van der Waals surface area contributed by atoms with Crippen LogP contribution < -0.4 is 10.1 Å². The number of piperidine rings is 1. The fourth-order valence-electron chi connectivity index (χ4n) is 4.00. The Labute approximate surface area is 209 Å². The van der Waals surface area contributed by atoms with Crippen LogP contribution in [-0.2, 0) is 14.8 Å². The molecule has 0 unspecified atom stereocenters. The van der Waals surface area contributed by atoms with Gasteiger partial charge >= 0.3 is 0 Å². The molecule has 4 rings (SSSR count). The maximum Gasteiger partial charge on any atom is 0.246 e. The van der Waals surface area contributed by atoms with Crippen LogP contribution in [0.5, 0.6) is 5.75 Å². The number of benzene rings is 2. The number of hydrogen-bond donors (Lipinski definition) is 2. The predicted molar refractivity (Wildman–Crippen MR) is 135 cm³/mol. The summed E-state index contributed by atoms with van der Waals surface area (Å²) in [5, 5.41) is 10.7. The predicted octanol–water partition coefficient (Wildman–Crippen LogP) is 3.10. The van der Waals surface area contributed by atoms with E-state index in [-0.39, 0.29) is 17.3 Å². The number of aromatic amines is 1. The zero-order valence-electron chi connectivity index (χ0n) is 19.7. The van der Waals surface area contributed by atoms with Crippen molar-refractivity contribution in [3.63, 3.8) is 0 Å². The lowest BCUT2D eigenvalue weighted by atomic mass is 9.99. The zero-order valence-corrected chi connectivity index (χ0v) is 21.4. The molecule has 9 nitrogen and oxygen atoms in total. The Balaban J connectivity index is 1.30. The summed E-state index contributed by atoms with van der Waals surface area (Å²) < 4.78 is 33.3. The highest BCUT2D eigenvalue weighted by molar-refractivity contribution is 7.99. The molecule has 1 atom stereocenters. The number of H-pyrrole nitrogens is 1. The monoisotopic (exact) mass is 515 g/mol. The SMILES string of the molecule is COc1ccc(C)cc1S(=O)(=O)N1CCC[C@H](C(=O)NCCSc2n[nH]c(-c3ccccc3)n2)C1. The second-order valence-electron chi connectivity index (χ2n) is 8.33. The maximum atomic E-state index is 13.3. The standard InChI is InChI=1S/C24H29N5O4S2/c1-17-10-11-20(33-2)21(15-17)35(31,32)29-13-6-9-19(16-29)23(30)25-12-14-34-24-26-22(27-28-24)18-7-4-3-5-8-18/h3-5,7-8,10-11,15,19H,6,9,12-14,16H2,1-2H3,(H,25,30)(H,26,27,28)/t19-/m0/s1. The summed E-state index contributed by atoms with van der Waals surface area (Å²) in [5.41, 5.74) is 1.79. The molecule has 1 amide bonds. The van der Waals surface area contributed by atoms with Crippen molar-refractivity contribution in [1.82, 2.24) is 24.8 Å². The molecule has 1 fully saturated rings. The molecule has 2 aromatic carbocycles. The fraction of sp³-hybridized carbons (Fsp3) is 0.375. The number of methoxy groups -OCH3 is 1. The highest BCUT2D eigenvalue weighted by Crippen LogP contribution is 2.30. The quantitative estimate of drug-likeness (QED) is 0.332. The van der Waals surface area contributed by atoms with Gasteiger partial charge in [0.25, 0.3) is 0 Å². The van der Waals surface area contributed by atoms with Crippen molar-refractivity contribution in [3.05, 3.63) is 54.1 Å². The molecule has 1 aliphatic rings. The molecule has 1 aliphatic heterocycles. The van der Waals surface area contributed by atoms with E-state index in [0.717, 1.165) is 11.1 Å². The van der Waals surface area contributed by atoms with Gasteiger partial charge in [-0.3, -0.25) is 9.89 Å². The van der Waals surface area contributed by atoms with Crippen LogP contribution in [0.15, 0.2) is 58.6 Å². The lowest BCUT2D eigenvalue weighted by Crippen LogP contribution is -2.45. The van der Waals surface area contributed by atoms with E-state index in [1.165, 1.54) is 23.2 Å². The Morgan fingerprint density at radius 3 is 2.83 bits per heavy atom. The number of hydrogen-bond acceptors (Lipinski definition) is 7. The van der Waals surface area contributed by atoms with Crippen LogP contribution in [0.25, 0.3) is 11.4 Å². The molecule has 0 aliphatic carbocycles. The summed E-state index contributed by atoms with van der Waals surface area (Å²) in [6.45, 7) is 2.81. The van der Waals surface area contributed by atoms with Gasteiger partial charge in [0, 0.05) is 31.0 Å². The van der Waals surface area contributed by atoms with Gasteiger partial charge in [-0.05, 0) is 37.5 Å². The number of sulfonamides is 1. The van der Waals surface area contributed by atoms with Crippen molar-refractivity contribution >= 4 is 27.7 Å². The number of nitrogens with zero attached hydrogens (tertiary/aromatic N) is 3. The Kier molecular flexibility index (Phi) is 8.09. The molecule has 35 heavy (non-hydrogen) atoms. The molecule has 3 aromatic rings. The summed E-state index contributed by atoms with van der Waals surface area (Å²) in [7, 11) is -2.32. The summed E-state index contributed by atoms with van der Waals surface area (Å²) in [6, 6.07) is 14.8. The number of ether oxygens (including phenoxy) is 1. The molecule has 0 bridgehead atoms. The average molecular weight is 516 g/mol. The minimum Gasteiger partial charge on any atom is -0.495 e. The number of carbonyl (C=O) groups excluding carboxylic acids is 1. The molecule has 0 radical (unpaired) electrons. The molecular weight excluding hydrogens is 486 g/mol. The largest absolute Gasteiger partial charge is 0.495 e. The van der Waals surface area contributed by atoms with Crippen molar-refractivity contribution in [1.29, 1.82) is 0 Å². The van der Waals surface area contributed by atoms with Gasteiger partial charge in [0.15, 0.2) is 5.82 Å². The normalized spacial score (nSPS) is 16.7. The van der Waals surface area contributed by atoms with E-state index in [1.807, 2.05) is 43.3 Å². The first kappa shape index (κ1) is 25.2. The number of aromatic nitrogens is 3. The van der Waals surface area contributed by atoms with Gasteiger partial charge in [0.2, 0.25) is 21.1 Å². The lowest BCUT2D eigenvalue weighted by molar-refractivity contribution is -0.125. The molecule has 1 saturated heterocycles. The van der Waals surface area contributed by atoms with Gasteiger partial charge in [0.05, 0.1) is 13.0 Å². The van der Waals surface area contributed by atoms with Crippen LogP contribution in [0.3, 0.4) is 0 Å². The van der Waals surface area contributed by atoms with E-state index in [2.05, 4.69) is 20.5 Å². The first-order valence-corrected chi connectivity index (χ1v) is 13.8. The van der Waals surface area contributed by atoms with Crippen LogP contribution in [0.4, 0.5) is 0 Å². The van der Waals surface area contributed by atoms with E-state index < -0.39 is 15.9 Å². The minimum absolute atomic E-state index is 0.137. The van der Waals surface area contributed by atoms with Crippen LogP contribution in [-0.4, -0.2) is 66.3 Å². The highest BCUT2D eigenvalue weighted by atomic mass is 32.2. The first-order valence-electron chi connectivity index (χ1n) is 11.4. The van der Waals surface area contributed by atoms with Crippen LogP contribution in [0.2, 0.25) is 0 Å². The second kappa shape index (κ2) is 11.2. The molecule has 2 heterocycles. The Hall–Kier alpha value is -2.89. The summed E-state index contributed by atoms with van der Waals surface area (Å²) in [5.74, 6) is 1.08. The van der Waals surface area contributed by atoms with E-state index in [0.29, 0.717) is 48.4 Å². The van der Waals surface area contributed by atoms with Crippen LogP contribution in [0.1, 0.15) is 18.4 Å². The van der Waals surface area contributed by atoms with Gasteiger partial charge in [0.1, 0.15) is 10.6 Å². The van der Waals surface area contributed by atoms with E-state index in [4.69, 9.17) is 4.74 Å². The first-order chi connectivity index (χ1) is 16.9. The average Bonchev–Trinajstić information content (AvgIpc) is 3.36. The van der Waals surface area contributed by atoms with Crippen LogP contribution >= 0.6 is 11.8 Å². The molecular formula is C24H29N5O4S2. The Bertz CT molecular complexity index is 1260. The van der Waals surface area contributed by atoms with E-state index >= 15 is 0 Å². The van der Waals surface area contributed by atoms with Crippen molar-refractivity contribution in [2.24, 2.45) is 5.92 Å².